The van der Waals surface area contributed by atoms with Gasteiger partial charge in [-0.1, -0.05) is 34.4 Å². The second-order valence-corrected chi connectivity index (χ2v) is 11.9. The lowest BCUT2D eigenvalue weighted by atomic mass is 10.0. The Hall–Kier alpha value is -2.87. The van der Waals surface area contributed by atoms with Crippen molar-refractivity contribution in [3.63, 3.8) is 0 Å². The van der Waals surface area contributed by atoms with Crippen molar-refractivity contribution < 1.29 is 23.6 Å². The molecule has 0 radical (unpaired) electrons. The zero-order chi connectivity index (χ0) is 27.7. The minimum absolute atomic E-state index is 0.0887. The molecule has 0 atom stereocenters. The third kappa shape index (κ3) is 6.48. The van der Waals surface area contributed by atoms with Crippen LogP contribution >= 0.6 is 23.2 Å². The molecular weight excluding hydrogens is 539 g/mol. The number of carbonyl (C=O) groups is 2. The Bertz CT molecular complexity index is 1330. The molecule has 7 nitrogen and oxygen atoms in total. The van der Waals surface area contributed by atoms with Crippen molar-refractivity contribution in [3.05, 3.63) is 69.4 Å². The van der Waals surface area contributed by atoms with E-state index >= 15 is 0 Å². The number of halogens is 2. The highest BCUT2D eigenvalue weighted by Crippen LogP contribution is 2.46. The van der Waals surface area contributed by atoms with Gasteiger partial charge in [0.1, 0.15) is 17.1 Å². The zero-order valence-electron chi connectivity index (χ0n) is 22.3. The molecule has 0 spiro atoms. The summed E-state index contributed by atoms with van der Waals surface area (Å²) in [6.07, 6.45) is 3.96. The summed E-state index contributed by atoms with van der Waals surface area (Å²) in [6.45, 7) is 7.22. The first-order valence-electron chi connectivity index (χ1n) is 13.3. The molecule has 0 N–H and O–H groups in total. The van der Waals surface area contributed by atoms with Gasteiger partial charge < -0.3 is 18.9 Å². The topological polar surface area (TPSA) is 81.9 Å². The standard InChI is InChI=1S/C30H32Cl2N2O5/c1-30(2,3)38-29(36)27(35)18-9-11-20(12-10-18)34-15-13-21(14-16-34)37-17-22-26(33-39-28(22)19-7-8-19)25-23(31)5-4-6-24(25)32/h4-6,9-12,19,21H,7-8,13-17H2,1-3H3. The fraction of sp³-hybridized carbons (Fsp3) is 0.433. The van der Waals surface area contributed by atoms with Gasteiger partial charge in [-0.3, -0.25) is 4.79 Å². The van der Waals surface area contributed by atoms with E-state index in [2.05, 4.69) is 10.1 Å². The number of hydrogen-bond acceptors (Lipinski definition) is 7. The van der Waals surface area contributed by atoms with Gasteiger partial charge in [-0.15, -0.1) is 0 Å². The molecule has 9 heteroatoms. The van der Waals surface area contributed by atoms with E-state index in [1.807, 2.05) is 18.2 Å². The van der Waals surface area contributed by atoms with Crippen LogP contribution in [0.4, 0.5) is 5.69 Å². The Morgan fingerprint density at radius 3 is 2.23 bits per heavy atom. The summed E-state index contributed by atoms with van der Waals surface area (Å²) in [6, 6.07) is 12.5. The number of carbonyl (C=O) groups excluding carboxylic acids is 2. The second-order valence-electron chi connectivity index (χ2n) is 11.1. The van der Waals surface area contributed by atoms with Gasteiger partial charge in [-0.25, -0.2) is 4.79 Å². The molecule has 0 amide bonds. The van der Waals surface area contributed by atoms with Crippen molar-refractivity contribution >= 4 is 40.6 Å². The number of benzene rings is 2. The van der Waals surface area contributed by atoms with Crippen molar-refractivity contribution in [2.24, 2.45) is 0 Å². The average molecular weight is 572 g/mol. The number of nitrogens with zero attached hydrogens (tertiary/aromatic N) is 2. The molecular formula is C30H32Cl2N2O5. The Balaban J connectivity index is 1.19. The quantitative estimate of drug-likeness (QED) is 0.160. The molecule has 2 aliphatic rings. The zero-order valence-corrected chi connectivity index (χ0v) is 23.8. The monoisotopic (exact) mass is 570 g/mol. The number of piperidine rings is 1. The number of hydrogen-bond donors (Lipinski definition) is 0. The van der Waals surface area contributed by atoms with Crippen molar-refractivity contribution in [1.82, 2.24) is 5.16 Å². The first kappa shape index (κ1) is 27.7. The lowest BCUT2D eigenvalue weighted by Gasteiger charge is -2.33. The fourth-order valence-corrected chi connectivity index (χ4v) is 5.37. The summed E-state index contributed by atoms with van der Waals surface area (Å²) in [7, 11) is 0. The number of anilines is 1. The summed E-state index contributed by atoms with van der Waals surface area (Å²) >= 11 is 13.0. The number of esters is 1. The lowest BCUT2D eigenvalue weighted by molar-refractivity contribution is -0.148. The van der Waals surface area contributed by atoms with Gasteiger partial charge in [0.25, 0.3) is 5.78 Å². The van der Waals surface area contributed by atoms with Gasteiger partial charge in [0.05, 0.1) is 22.8 Å². The molecule has 1 aliphatic carbocycles. The number of Topliss-reactive ketones (excluding diaryl/α,β-unsaturated/α-hetero) is 1. The first-order chi connectivity index (χ1) is 18.6. The van der Waals surface area contributed by atoms with E-state index in [0.29, 0.717) is 39.4 Å². The smallest absolute Gasteiger partial charge is 0.380 e. The van der Waals surface area contributed by atoms with Crippen molar-refractivity contribution in [1.29, 1.82) is 0 Å². The molecule has 2 fully saturated rings. The Labute approximate surface area is 238 Å². The third-order valence-electron chi connectivity index (χ3n) is 6.95. The molecule has 5 rings (SSSR count). The van der Waals surface area contributed by atoms with Crippen LogP contribution in [0.25, 0.3) is 11.3 Å². The molecule has 1 saturated heterocycles. The molecule has 39 heavy (non-hydrogen) atoms. The van der Waals surface area contributed by atoms with Crippen LogP contribution in [0.2, 0.25) is 10.0 Å². The van der Waals surface area contributed by atoms with Crippen LogP contribution in [0.3, 0.4) is 0 Å². The fourth-order valence-electron chi connectivity index (χ4n) is 4.80. The summed E-state index contributed by atoms with van der Waals surface area (Å²) in [5.41, 5.74) is 2.88. The first-order valence-corrected chi connectivity index (χ1v) is 14.0. The van der Waals surface area contributed by atoms with Gasteiger partial charge in [0.2, 0.25) is 0 Å². The SMILES string of the molecule is CC(C)(C)OC(=O)C(=O)c1ccc(N2CCC(OCc3c(-c4c(Cl)cccc4Cl)noc3C3CC3)CC2)cc1. The number of rotatable bonds is 8. The number of ketones is 1. The summed E-state index contributed by atoms with van der Waals surface area (Å²) in [5, 5.41) is 5.41. The van der Waals surface area contributed by atoms with Gasteiger partial charge in [-0.05, 0) is 82.9 Å². The summed E-state index contributed by atoms with van der Waals surface area (Å²) < 4.78 is 17.3. The molecule has 3 aromatic rings. The summed E-state index contributed by atoms with van der Waals surface area (Å²) in [5.74, 6) is -0.233. The molecule has 1 aromatic heterocycles. The van der Waals surface area contributed by atoms with Crippen LogP contribution in [-0.4, -0.2) is 41.7 Å². The van der Waals surface area contributed by atoms with Gasteiger partial charge in [0, 0.05) is 41.4 Å². The average Bonchev–Trinajstić information content (AvgIpc) is 3.66. The van der Waals surface area contributed by atoms with Gasteiger partial charge >= 0.3 is 5.97 Å². The van der Waals surface area contributed by atoms with Crippen LogP contribution < -0.4 is 4.90 Å². The molecule has 0 bridgehead atoms. The maximum absolute atomic E-state index is 12.4. The van der Waals surface area contributed by atoms with Gasteiger partial charge in [0.15, 0.2) is 0 Å². The summed E-state index contributed by atoms with van der Waals surface area (Å²) in [4.78, 5) is 26.8. The highest BCUT2D eigenvalue weighted by atomic mass is 35.5. The van der Waals surface area contributed by atoms with E-state index < -0.39 is 17.4 Å². The highest BCUT2D eigenvalue weighted by molar-refractivity contribution is 6.40. The van der Waals surface area contributed by atoms with Crippen LogP contribution in [0.5, 0.6) is 0 Å². The van der Waals surface area contributed by atoms with Crippen LogP contribution in [0.1, 0.15) is 74.1 Å². The Morgan fingerprint density at radius 2 is 1.64 bits per heavy atom. The van der Waals surface area contributed by atoms with Gasteiger partial charge in [-0.2, -0.15) is 0 Å². The highest BCUT2D eigenvalue weighted by Gasteiger charge is 2.34. The normalized spacial score (nSPS) is 16.4. The second kappa shape index (κ2) is 11.3. The van der Waals surface area contributed by atoms with Crippen LogP contribution in [0, 0.1) is 0 Å². The van der Waals surface area contributed by atoms with E-state index in [1.165, 1.54) is 0 Å². The van der Waals surface area contributed by atoms with Crippen molar-refractivity contribution in [3.8, 4) is 11.3 Å². The maximum atomic E-state index is 12.4. The molecule has 0 unspecified atom stereocenters. The molecule has 206 valence electrons. The molecule has 1 saturated carbocycles. The van der Waals surface area contributed by atoms with E-state index in [1.54, 1.807) is 45.0 Å². The Kier molecular flexibility index (Phi) is 8.04. The van der Waals surface area contributed by atoms with E-state index in [9.17, 15) is 9.59 Å². The molecule has 1 aliphatic heterocycles. The van der Waals surface area contributed by atoms with E-state index in [0.717, 1.165) is 55.8 Å². The maximum Gasteiger partial charge on any atom is 0.380 e. The molecule has 2 aromatic carbocycles. The predicted molar refractivity (Wildman–Crippen MR) is 151 cm³/mol. The van der Waals surface area contributed by atoms with Crippen molar-refractivity contribution in [2.75, 3.05) is 18.0 Å². The van der Waals surface area contributed by atoms with Crippen LogP contribution in [0.15, 0.2) is 47.0 Å². The van der Waals surface area contributed by atoms with Crippen LogP contribution in [-0.2, 0) is 20.9 Å². The lowest BCUT2D eigenvalue weighted by Crippen LogP contribution is -2.37. The number of aromatic nitrogens is 1. The van der Waals surface area contributed by atoms with E-state index in [4.69, 9.17) is 37.2 Å². The Morgan fingerprint density at radius 1 is 1.00 bits per heavy atom. The predicted octanol–water partition coefficient (Wildman–Crippen LogP) is 7.24. The largest absolute Gasteiger partial charge is 0.454 e. The number of ether oxygens (including phenoxy) is 2. The van der Waals surface area contributed by atoms with E-state index in [-0.39, 0.29) is 6.10 Å². The van der Waals surface area contributed by atoms with Crippen molar-refractivity contribution in [2.45, 2.75) is 70.7 Å². The minimum Gasteiger partial charge on any atom is -0.454 e. The minimum atomic E-state index is -0.842. The third-order valence-corrected chi connectivity index (χ3v) is 7.58. The molecule has 2 heterocycles.